The van der Waals surface area contributed by atoms with E-state index >= 15 is 0 Å². The lowest BCUT2D eigenvalue weighted by atomic mass is 10.1. The highest BCUT2D eigenvalue weighted by atomic mass is 35.5. The van der Waals surface area contributed by atoms with Gasteiger partial charge in [-0.05, 0) is 50.7 Å². The molecule has 1 heterocycles. The molecular weight excluding hydrogens is 350 g/mol. The molecule has 0 aromatic heterocycles. The van der Waals surface area contributed by atoms with Crippen LogP contribution in [0.5, 0.6) is 0 Å². The van der Waals surface area contributed by atoms with Gasteiger partial charge in [0.15, 0.2) is 0 Å². The molecule has 0 amide bonds. The van der Waals surface area contributed by atoms with Gasteiger partial charge in [0, 0.05) is 12.6 Å². The Hall–Kier alpha value is -0.710. The van der Waals surface area contributed by atoms with E-state index in [2.05, 4.69) is 14.8 Å². The van der Waals surface area contributed by atoms with Crippen molar-refractivity contribution in [1.29, 1.82) is 0 Å². The molecule has 7 nitrogen and oxygen atoms in total. The number of nitrogens with one attached hydrogen (secondary N) is 3. The van der Waals surface area contributed by atoms with E-state index in [9.17, 15) is 16.8 Å². The highest BCUT2D eigenvalue weighted by Crippen LogP contribution is 2.15. The molecule has 0 radical (unpaired) electrons. The Morgan fingerprint density at radius 2 is 1.59 bits per heavy atom. The topological polar surface area (TPSA) is 104 Å². The van der Waals surface area contributed by atoms with Gasteiger partial charge >= 0.3 is 0 Å². The van der Waals surface area contributed by atoms with Crippen LogP contribution >= 0.6 is 12.4 Å². The molecular formula is C12H20ClN3O4S2. The molecule has 1 aliphatic heterocycles. The van der Waals surface area contributed by atoms with Gasteiger partial charge in [-0.3, -0.25) is 0 Å². The Morgan fingerprint density at radius 1 is 1.05 bits per heavy atom. The van der Waals surface area contributed by atoms with E-state index in [0.29, 0.717) is 6.54 Å². The maximum absolute atomic E-state index is 12.2. The first-order valence-electron chi connectivity index (χ1n) is 6.62. The predicted octanol–water partition coefficient (Wildman–Crippen LogP) is 0.0468. The van der Waals surface area contributed by atoms with Crippen molar-refractivity contribution < 1.29 is 16.8 Å². The molecule has 22 heavy (non-hydrogen) atoms. The van der Waals surface area contributed by atoms with E-state index in [1.807, 2.05) is 0 Å². The number of piperidine rings is 1. The smallest absolute Gasteiger partial charge is 0.240 e. The number of rotatable bonds is 5. The molecule has 3 N–H and O–H groups in total. The Balaban J connectivity index is 0.00000242. The molecule has 0 saturated carbocycles. The summed E-state index contributed by atoms with van der Waals surface area (Å²) in [6.45, 7) is 1.50. The average Bonchev–Trinajstić information content (AvgIpc) is 2.48. The Kier molecular flexibility index (Phi) is 6.78. The van der Waals surface area contributed by atoms with E-state index in [0.717, 1.165) is 19.4 Å². The van der Waals surface area contributed by atoms with Crippen molar-refractivity contribution in [1.82, 2.24) is 14.8 Å². The van der Waals surface area contributed by atoms with E-state index in [-0.39, 0.29) is 28.2 Å². The molecule has 0 bridgehead atoms. The van der Waals surface area contributed by atoms with Crippen molar-refractivity contribution in [2.24, 2.45) is 0 Å². The predicted molar refractivity (Wildman–Crippen MR) is 86.1 cm³/mol. The number of hydrogen-bond acceptors (Lipinski definition) is 5. The third-order valence-corrected chi connectivity index (χ3v) is 6.30. The van der Waals surface area contributed by atoms with E-state index in [1.54, 1.807) is 0 Å². The molecule has 1 atom stereocenters. The third kappa shape index (κ3) is 4.64. The van der Waals surface area contributed by atoms with Gasteiger partial charge in [-0.25, -0.2) is 26.3 Å². The van der Waals surface area contributed by atoms with Gasteiger partial charge in [0.2, 0.25) is 20.0 Å². The SMILES string of the molecule is CNS(=O)(=O)c1ccc(S(=O)(=O)NC2CCCNC2)cc1.Cl. The second kappa shape index (κ2) is 7.71. The van der Waals surface area contributed by atoms with Crippen LogP contribution in [0.1, 0.15) is 12.8 Å². The first-order valence-corrected chi connectivity index (χ1v) is 9.58. The minimum Gasteiger partial charge on any atom is -0.315 e. The molecule has 1 fully saturated rings. The van der Waals surface area contributed by atoms with Crippen LogP contribution in [0.25, 0.3) is 0 Å². The zero-order valence-electron chi connectivity index (χ0n) is 12.1. The van der Waals surface area contributed by atoms with Gasteiger partial charge in [0.1, 0.15) is 0 Å². The van der Waals surface area contributed by atoms with Gasteiger partial charge in [-0.2, -0.15) is 0 Å². The largest absolute Gasteiger partial charge is 0.315 e. The minimum absolute atomic E-state index is 0. The Morgan fingerprint density at radius 3 is 2.05 bits per heavy atom. The number of sulfonamides is 2. The monoisotopic (exact) mass is 369 g/mol. The van der Waals surface area contributed by atoms with Crippen LogP contribution < -0.4 is 14.8 Å². The Labute approximate surface area is 137 Å². The van der Waals surface area contributed by atoms with E-state index in [1.165, 1.54) is 31.3 Å². The summed E-state index contributed by atoms with van der Waals surface area (Å²) in [6, 6.07) is 5.01. The molecule has 1 aromatic rings. The zero-order valence-corrected chi connectivity index (χ0v) is 14.5. The third-order valence-electron chi connectivity index (χ3n) is 3.33. The molecule has 10 heteroatoms. The summed E-state index contributed by atoms with van der Waals surface area (Å²) in [4.78, 5) is 0.0893. The number of benzene rings is 1. The minimum atomic E-state index is -3.63. The van der Waals surface area contributed by atoms with Gasteiger partial charge in [0.05, 0.1) is 9.79 Å². The van der Waals surface area contributed by atoms with Crippen molar-refractivity contribution in [2.75, 3.05) is 20.1 Å². The van der Waals surface area contributed by atoms with Gasteiger partial charge in [-0.1, -0.05) is 0 Å². The summed E-state index contributed by atoms with van der Waals surface area (Å²) < 4.78 is 52.5. The molecule has 1 aliphatic rings. The highest BCUT2D eigenvalue weighted by Gasteiger charge is 2.22. The van der Waals surface area contributed by atoms with Crippen LogP contribution in [0, 0.1) is 0 Å². The van der Waals surface area contributed by atoms with Gasteiger partial charge in [-0.15, -0.1) is 12.4 Å². The van der Waals surface area contributed by atoms with Crippen molar-refractivity contribution >= 4 is 32.5 Å². The molecule has 0 spiro atoms. The molecule has 0 aliphatic carbocycles. The lowest BCUT2D eigenvalue weighted by Gasteiger charge is -2.23. The van der Waals surface area contributed by atoms with Crippen LogP contribution in [-0.4, -0.2) is 43.0 Å². The summed E-state index contributed by atoms with van der Waals surface area (Å²) in [6.07, 6.45) is 1.71. The summed E-state index contributed by atoms with van der Waals surface area (Å²) >= 11 is 0. The summed E-state index contributed by atoms with van der Waals surface area (Å²) in [5, 5.41) is 3.13. The second-order valence-corrected chi connectivity index (χ2v) is 8.44. The standard InChI is InChI=1S/C12H19N3O4S2.ClH/c1-13-20(16,17)11-4-6-12(7-5-11)21(18,19)15-10-3-2-8-14-9-10;/h4-7,10,13-15H,2-3,8-9H2,1H3;1H. The Bertz CT molecular complexity index is 684. The fourth-order valence-electron chi connectivity index (χ4n) is 2.16. The first kappa shape index (κ1) is 19.3. The van der Waals surface area contributed by atoms with Crippen LogP contribution in [0.4, 0.5) is 0 Å². The van der Waals surface area contributed by atoms with Crippen LogP contribution in [-0.2, 0) is 20.0 Å². The van der Waals surface area contributed by atoms with E-state index in [4.69, 9.17) is 0 Å². The van der Waals surface area contributed by atoms with Crippen LogP contribution in [0.15, 0.2) is 34.1 Å². The molecule has 1 aromatic carbocycles. The fourth-order valence-corrected chi connectivity index (χ4v) is 4.16. The van der Waals surface area contributed by atoms with Gasteiger partial charge < -0.3 is 5.32 Å². The fraction of sp³-hybridized carbons (Fsp3) is 0.500. The lowest BCUT2D eigenvalue weighted by molar-refractivity contribution is 0.428. The molecule has 1 unspecified atom stereocenters. The average molecular weight is 370 g/mol. The van der Waals surface area contributed by atoms with Crippen molar-refractivity contribution in [3.63, 3.8) is 0 Å². The summed E-state index contributed by atoms with van der Waals surface area (Å²) in [7, 11) is -5.89. The summed E-state index contributed by atoms with van der Waals surface area (Å²) in [5.74, 6) is 0. The molecule has 126 valence electrons. The number of hydrogen-bond donors (Lipinski definition) is 3. The summed E-state index contributed by atoms with van der Waals surface area (Å²) in [5.41, 5.74) is 0. The van der Waals surface area contributed by atoms with Crippen molar-refractivity contribution in [3.05, 3.63) is 24.3 Å². The normalized spacial score (nSPS) is 19.4. The van der Waals surface area contributed by atoms with Crippen LogP contribution in [0.2, 0.25) is 0 Å². The number of halogens is 1. The zero-order chi connectivity index (χ0) is 15.5. The van der Waals surface area contributed by atoms with Crippen LogP contribution in [0.3, 0.4) is 0 Å². The van der Waals surface area contributed by atoms with Crippen molar-refractivity contribution in [2.45, 2.75) is 28.7 Å². The quantitative estimate of drug-likeness (QED) is 0.680. The maximum Gasteiger partial charge on any atom is 0.240 e. The second-order valence-electron chi connectivity index (χ2n) is 4.84. The van der Waals surface area contributed by atoms with E-state index < -0.39 is 20.0 Å². The molecule has 2 rings (SSSR count). The molecule has 1 saturated heterocycles. The first-order chi connectivity index (χ1) is 9.85. The lowest BCUT2D eigenvalue weighted by Crippen LogP contribution is -2.45. The maximum atomic E-state index is 12.2. The highest BCUT2D eigenvalue weighted by molar-refractivity contribution is 7.90. The van der Waals surface area contributed by atoms with Crippen molar-refractivity contribution in [3.8, 4) is 0 Å². The van der Waals surface area contributed by atoms with Gasteiger partial charge in [0.25, 0.3) is 0 Å².